The van der Waals surface area contributed by atoms with E-state index in [1.54, 1.807) is 29.4 Å². The summed E-state index contributed by atoms with van der Waals surface area (Å²) in [5, 5.41) is 0. The summed E-state index contributed by atoms with van der Waals surface area (Å²) >= 11 is 0. The Morgan fingerprint density at radius 3 is 2.59 bits per heavy atom. The van der Waals surface area contributed by atoms with Crippen LogP contribution in [0, 0.1) is 20.8 Å². The summed E-state index contributed by atoms with van der Waals surface area (Å²) in [5.74, 6) is 0.907. The number of imidazole rings is 1. The Balaban J connectivity index is 1.53. The van der Waals surface area contributed by atoms with Crippen LogP contribution in [0.5, 0.6) is 0 Å². The van der Waals surface area contributed by atoms with E-state index < -0.39 is 0 Å². The standard InChI is InChI=1S/C28H29N7O2/c1-5-6-22(36)33-11-12-34(16-33)28-32-24(25-27(29)30-9-10-35(25)28)20-7-8-21(18(3)14-20)26(37)23-19(4)13-17(2)15-31-23/h5-10,13-15H,11-12,16H2,1-4H3,(H2,29,30)/b6-5+. The number of nitrogens with two attached hydrogens (primary N) is 1. The lowest BCUT2D eigenvalue weighted by Gasteiger charge is -2.17. The van der Waals surface area contributed by atoms with Crippen molar-refractivity contribution in [1.82, 2.24) is 24.3 Å². The van der Waals surface area contributed by atoms with Gasteiger partial charge in [0.15, 0.2) is 0 Å². The minimum atomic E-state index is -0.110. The van der Waals surface area contributed by atoms with Gasteiger partial charge in [-0.15, -0.1) is 0 Å². The summed E-state index contributed by atoms with van der Waals surface area (Å²) in [5.41, 5.74) is 12.2. The number of rotatable bonds is 5. The van der Waals surface area contributed by atoms with Crippen LogP contribution in [0.1, 0.15) is 39.7 Å². The zero-order chi connectivity index (χ0) is 26.3. The van der Waals surface area contributed by atoms with E-state index in [1.807, 2.05) is 67.5 Å². The molecule has 1 aromatic carbocycles. The maximum absolute atomic E-state index is 13.3. The second-order valence-corrected chi connectivity index (χ2v) is 9.34. The Morgan fingerprint density at radius 2 is 1.86 bits per heavy atom. The molecule has 0 radical (unpaired) electrons. The van der Waals surface area contributed by atoms with Crippen molar-refractivity contribution in [2.45, 2.75) is 27.7 Å². The third kappa shape index (κ3) is 4.33. The quantitative estimate of drug-likeness (QED) is 0.332. The monoisotopic (exact) mass is 495 g/mol. The highest BCUT2D eigenvalue weighted by Gasteiger charge is 2.28. The normalized spacial score (nSPS) is 13.7. The molecular weight excluding hydrogens is 466 g/mol. The third-order valence-corrected chi connectivity index (χ3v) is 6.62. The predicted octanol–water partition coefficient (Wildman–Crippen LogP) is 3.71. The van der Waals surface area contributed by atoms with E-state index in [1.165, 1.54) is 0 Å². The highest BCUT2D eigenvalue weighted by atomic mass is 16.2. The van der Waals surface area contributed by atoms with E-state index in [0.717, 1.165) is 22.3 Å². The lowest BCUT2D eigenvalue weighted by molar-refractivity contribution is -0.124. The van der Waals surface area contributed by atoms with Gasteiger partial charge < -0.3 is 15.5 Å². The molecule has 1 fully saturated rings. The van der Waals surface area contributed by atoms with Crippen molar-refractivity contribution in [3.8, 4) is 11.3 Å². The number of aryl methyl sites for hydroxylation is 3. The molecule has 5 rings (SSSR count). The fourth-order valence-electron chi connectivity index (χ4n) is 4.80. The second-order valence-electron chi connectivity index (χ2n) is 9.34. The number of carbonyl (C=O) groups excluding carboxylic acids is 2. The van der Waals surface area contributed by atoms with E-state index >= 15 is 0 Å². The molecule has 4 aromatic rings. The molecule has 1 aliphatic heterocycles. The smallest absolute Gasteiger partial charge is 0.247 e. The maximum Gasteiger partial charge on any atom is 0.247 e. The molecular formula is C28H29N7O2. The first-order valence-electron chi connectivity index (χ1n) is 12.2. The van der Waals surface area contributed by atoms with Gasteiger partial charge in [-0.05, 0) is 56.5 Å². The van der Waals surface area contributed by atoms with Gasteiger partial charge >= 0.3 is 0 Å². The molecule has 188 valence electrons. The number of nitrogen functional groups attached to an aromatic ring is 1. The topological polar surface area (TPSA) is 110 Å². The van der Waals surface area contributed by atoms with Gasteiger partial charge in [-0.25, -0.2) is 9.97 Å². The molecule has 1 saturated heterocycles. The maximum atomic E-state index is 13.3. The number of amides is 1. The van der Waals surface area contributed by atoms with E-state index in [2.05, 4.69) is 9.97 Å². The van der Waals surface area contributed by atoms with Crippen molar-refractivity contribution >= 4 is 29.0 Å². The van der Waals surface area contributed by atoms with Crippen molar-refractivity contribution in [2.75, 3.05) is 30.4 Å². The number of aromatic nitrogens is 4. The van der Waals surface area contributed by atoms with E-state index in [-0.39, 0.29) is 11.7 Å². The molecule has 3 aromatic heterocycles. The minimum Gasteiger partial charge on any atom is -0.382 e. The number of benzene rings is 1. The number of hydrogen-bond acceptors (Lipinski definition) is 7. The van der Waals surface area contributed by atoms with Crippen LogP contribution in [0.3, 0.4) is 0 Å². The van der Waals surface area contributed by atoms with Crippen molar-refractivity contribution in [3.05, 3.63) is 83.0 Å². The molecule has 37 heavy (non-hydrogen) atoms. The number of pyridine rings is 1. The molecule has 2 N–H and O–H groups in total. The van der Waals surface area contributed by atoms with Crippen molar-refractivity contribution < 1.29 is 9.59 Å². The molecule has 0 saturated carbocycles. The zero-order valence-corrected chi connectivity index (χ0v) is 21.4. The molecule has 1 aliphatic rings. The SMILES string of the molecule is C/C=C/C(=O)N1CCN(c2nc(-c3ccc(C(=O)c4ncc(C)cc4C)c(C)c3)c3c(N)nccn23)C1. The summed E-state index contributed by atoms with van der Waals surface area (Å²) in [6.07, 6.45) is 8.49. The highest BCUT2D eigenvalue weighted by Crippen LogP contribution is 2.33. The lowest BCUT2D eigenvalue weighted by Crippen LogP contribution is -2.30. The number of nitrogens with zero attached hydrogens (tertiary/aromatic N) is 6. The number of anilines is 2. The average molecular weight is 496 g/mol. The van der Waals surface area contributed by atoms with Gasteiger partial charge in [0.2, 0.25) is 17.6 Å². The van der Waals surface area contributed by atoms with Crippen LogP contribution in [-0.4, -0.2) is 55.7 Å². The largest absolute Gasteiger partial charge is 0.382 e. The molecule has 0 bridgehead atoms. The number of hydrogen-bond donors (Lipinski definition) is 1. The fourth-order valence-corrected chi connectivity index (χ4v) is 4.80. The first-order chi connectivity index (χ1) is 17.8. The Kier molecular flexibility index (Phi) is 6.20. The molecule has 4 heterocycles. The van der Waals surface area contributed by atoms with Crippen molar-refractivity contribution in [1.29, 1.82) is 0 Å². The van der Waals surface area contributed by atoms with Gasteiger partial charge in [-0.3, -0.25) is 19.0 Å². The average Bonchev–Trinajstić information content (AvgIpc) is 3.50. The molecule has 0 unspecified atom stereocenters. The van der Waals surface area contributed by atoms with Gasteiger partial charge in [0.25, 0.3) is 0 Å². The summed E-state index contributed by atoms with van der Waals surface area (Å²) in [4.78, 5) is 43.1. The second kappa shape index (κ2) is 9.50. The highest BCUT2D eigenvalue weighted by molar-refractivity contribution is 6.09. The Morgan fingerprint density at radius 1 is 1.05 bits per heavy atom. The summed E-state index contributed by atoms with van der Waals surface area (Å²) in [6, 6.07) is 7.61. The molecule has 9 heteroatoms. The third-order valence-electron chi connectivity index (χ3n) is 6.62. The predicted molar refractivity (Wildman–Crippen MR) is 143 cm³/mol. The Bertz CT molecular complexity index is 1570. The number of fused-ring (bicyclic) bond motifs is 1. The molecule has 1 amide bonds. The first-order valence-corrected chi connectivity index (χ1v) is 12.2. The van der Waals surface area contributed by atoms with Gasteiger partial charge in [-0.1, -0.05) is 24.3 Å². The van der Waals surface area contributed by atoms with Crippen LogP contribution in [0.15, 0.2) is 55.0 Å². The van der Waals surface area contributed by atoms with Crippen LogP contribution in [-0.2, 0) is 4.79 Å². The summed E-state index contributed by atoms with van der Waals surface area (Å²) < 4.78 is 1.91. The minimum absolute atomic E-state index is 0.0264. The Hall–Kier alpha value is -4.53. The van der Waals surface area contributed by atoms with Gasteiger partial charge in [0, 0.05) is 42.8 Å². The van der Waals surface area contributed by atoms with Crippen LogP contribution in [0.25, 0.3) is 16.8 Å². The van der Waals surface area contributed by atoms with Crippen molar-refractivity contribution in [3.63, 3.8) is 0 Å². The van der Waals surface area contributed by atoms with Crippen LogP contribution in [0.4, 0.5) is 11.8 Å². The van der Waals surface area contributed by atoms with Crippen LogP contribution < -0.4 is 10.6 Å². The number of allylic oxidation sites excluding steroid dienone is 1. The Labute approximate surface area is 215 Å². The van der Waals surface area contributed by atoms with E-state index in [9.17, 15) is 9.59 Å². The lowest BCUT2D eigenvalue weighted by atomic mass is 9.96. The van der Waals surface area contributed by atoms with Crippen LogP contribution in [0.2, 0.25) is 0 Å². The van der Waals surface area contributed by atoms with Crippen LogP contribution >= 0.6 is 0 Å². The van der Waals surface area contributed by atoms with Gasteiger partial charge in [-0.2, -0.15) is 0 Å². The summed E-state index contributed by atoms with van der Waals surface area (Å²) in [6.45, 7) is 9.28. The number of carbonyl (C=O) groups is 2. The molecule has 0 atom stereocenters. The van der Waals surface area contributed by atoms with E-state index in [0.29, 0.717) is 54.0 Å². The number of ketones is 1. The van der Waals surface area contributed by atoms with Crippen molar-refractivity contribution in [2.24, 2.45) is 0 Å². The zero-order valence-electron chi connectivity index (χ0n) is 21.4. The molecule has 0 aliphatic carbocycles. The summed E-state index contributed by atoms with van der Waals surface area (Å²) in [7, 11) is 0. The van der Waals surface area contributed by atoms with Gasteiger partial charge in [0.05, 0.1) is 6.67 Å². The molecule has 0 spiro atoms. The van der Waals surface area contributed by atoms with Gasteiger partial charge in [0.1, 0.15) is 22.7 Å². The van der Waals surface area contributed by atoms with E-state index in [4.69, 9.17) is 10.7 Å². The molecule has 9 nitrogen and oxygen atoms in total. The first kappa shape index (κ1) is 24.2. The fraction of sp³-hybridized carbons (Fsp3) is 0.250.